The van der Waals surface area contributed by atoms with Crippen molar-refractivity contribution in [2.24, 2.45) is 5.92 Å². The van der Waals surface area contributed by atoms with E-state index in [4.69, 9.17) is 0 Å². The number of allylic oxidation sites excluding steroid dienone is 2. The Kier molecular flexibility index (Phi) is 2.63. The van der Waals surface area contributed by atoms with Gasteiger partial charge in [-0.3, -0.25) is 0 Å². The van der Waals surface area contributed by atoms with Crippen molar-refractivity contribution in [2.75, 3.05) is 0 Å². The molecule has 1 fully saturated rings. The number of hydrogen-bond acceptors (Lipinski definition) is 0. The maximum Gasteiger partial charge on any atom is 0.0632 e. The Morgan fingerprint density at radius 1 is 1.21 bits per heavy atom. The molecule has 2 unspecified atom stereocenters. The topological polar surface area (TPSA) is 0 Å². The highest BCUT2D eigenvalue weighted by Gasteiger charge is 2.53. The minimum Gasteiger partial charge on any atom is -0.0851 e. The van der Waals surface area contributed by atoms with Crippen molar-refractivity contribution < 1.29 is 0 Å². The third-order valence-corrected chi connectivity index (χ3v) is 12.2. The van der Waals surface area contributed by atoms with Crippen LogP contribution in [0.1, 0.15) is 40.0 Å². The van der Waals surface area contributed by atoms with Crippen LogP contribution >= 0.6 is 0 Å². The van der Waals surface area contributed by atoms with Gasteiger partial charge in [0.2, 0.25) is 0 Å². The molecule has 1 saturated carbocycles. The molecule has 2 aliphatic carbocycles. The summed E-state index contributed by atoms with van der Waals surface area (Å²) >= 11 is 0. The van der Waals surface area contributed by atoms with E-state index in [-0.39, 0.29) is 0 Å². The summed E-state index contributed by atoms with van der Waals surface area (Å²) in [6, 6.07) is 4.49. The summed E-state index contributed by atoms with van der Waals surface area (Å²) in [7, 11) is -0.980. The molecule has 0 N–H and O–H groups in total. The quantitative estimate of drug-likeness (QED) is 0.468. The van der Waals surface area contributed by atoms with Crippen molar-refractivity contribution in [1.29, 1.82) is 0 Å². The Balaban J connectivity index is 2.31. The molecule has 0 spiro atoms. The smallest absolute Gasteiger partial charge is 0.0632 e. The Hall–Kier alpha value is -0.0431. The third kappa shape index (κ3) is 1.17. The summed E-state index contributed by atoms with van der Waals surface area (Å²) < 4.78 is 0. The van der Waals surface area contributed by atoms with Gasteiger partial charge in [-0.05, 0) is 30.2 Å². The van der Waals surface area contributed by atoms with Gasteiger partial charge in [-0.15, -0.1) is 0 Å². The van der Waals surface area contributed by atoms with Gasteiger partial charge in [-0.25, -0.2) is 0 Å². The molecule has 2 bridgehead atoms. The van der Waals surface area contributed by atoms with Gasteiger partial charge in [0.05, 0.1) is 8.07 Å². The second-order valence-electron chi connectivity index (χ2n) is 5.36. The first-order chi connectivity index (χ1) is 6.72. The minimum atomic E-state index is -0.980. The SMILES string of the molecule is CC[Si](CC)(CC)C12C=CC(CC1)C2. The van der Waals surface area contributed by atoms with E-state index in [1.807, 2.05) is 0 Å². The Morgan fingerprint density at radius 2 is 1.86 bits per heavy atom. The second-order valence-corrected chi connectivity index (χ2v) is 11.0. The monoisotopic (exact) mass is 208 g/mol. The van der Waals surface area contributed by atoms with Crippen molar-refractivity contribution in [3.63, 3.8) is 0 Å². The molecule has 0 saturated heterocycles. The van der Waals surface area contributed by atoms with Gasteiger partial charge in [0.15, 0.2) is 0 Å². The van der Waals surface area contributed by atoms with E-state index in [0.717, 1.165) is 11.0 Å². The second kappa shape index (κ2) is 3.51. The molecule has 0 aliphatic heterocycles. The van der Waals surface area contributed by atoms with E-state index >= 15 is 0 Å². The summed E-state index contributed by atoms with van der Waals surface area (Å²) in [5, 5.41) is 0.732. The van der Waals surface area contributed by atoms with E-state index in [9.17, 15) is 0 Å². The molecule has 2 aliphatic rings. The third-order valence-electron chi connectivity index (χ3n) is 5.36. The van der Waals surface area contributed by atoms with Crippen molar-refractivity contribution in [2.45, 2.75) is 63.2 Å². The summed E-state index contributed by atoms with van der Waals surface area (Å²) in [6.07, 6.45) is 9.71. The highest BCUT2D eigenvalue weighted by atomic mass is 28.3. The normalized spacial score (nSPS) is 35.5. The van der Waals surface area contributed by atoms with Gasteiger partial charge in [0, 0.05) is 0 Å². The summed E-state index contributed by atoms with van der Waals surface area (Å²) in [4.78, 5) is 0. The Morgan fingerprint density at radius 3 is 2.14 bits per heavy atom. The van der Waals surface area contributed by atoms with Gasteiger partial charge >= 0.3 is 0 Å². The van der Waals surface area contributed by atoms with Crippen LogP contribution in [0.2, 0.25) is 23.2 Å². The first-order valence-corrected chi connectivity index (χ1v) is 9.03. The number of rotatable bonds is 4. The van der Waals surface area contributed by atoms with Crippen LogP contribution in [0.5, 0.6) is 0 Å². The van der Waals surface area contributed by atoms with Gasteiger partial charge < -0.3 is 0 Å². The van der Waals surface area contributed by atoms with Crippen molar-refractivity contribution >= 4 is 8.07 Å². The minimum absolute atomic E-state index is 0.732. The molecule has 80 valence electrons. The van der Waals surface area contributed by atoms with Crippen LogP contribution in [-0.4, -0.2) is 8.07 Å². The first-order valence-electron chi connectivity index (χ1n) is 6.41. The van der Waals surface area contributed by atoms with Crippen LogP contribution < -0.4 is 0 Å². The molecule has 0 heterocycles. The van der Waals surface area contributed by atoms with E-state index < -0.39 is 8.07 Å². The van der Waals surface area contributed by atoms with Gasteiger partial charge in [0.1, 0.15) is 0 Å². The zero-order chi connectivity index (χ0) is 10.2. The lowest BCUT2D eigenvalue weighted by atomic mass is 10.1. The van der Waals surface area contributed by atoms with Crippen LogP contribution in [0, 0.1) is 5.92 Å². The molecule has 0 nitrogen and oxygen atoms in total. The van der Waals surface area contributed by atoms with E-state index in [0.29, 0.717) is 0 Å². The molecule has 1 heteroatoms. The van der Waals surface area contributed by atoms with E-state index in [1.165, 1.54) is 37.4 Å². The molecule has 14 heavy (non-hydrogen) atoms. The number of fused-ring (bicyclic) bond motifs is 2. The Bertz CT molecular complexity index is 231. The molecular formula is C13H24Si. The predicted octanol–water partition coefficient (Wildman–Crippen LogP) is 4.61. The van der Waals surface area contributed by atoms with Crippen molar-refractivity contribution in [1.82, 2.24) is 0 Å². The number of hydrogen-bond donors (Lipinski definition) is 0. The molecular weight excluding hydrogens is 184 g/mol. The van der Waals surface area contributed by atoms with Crippen LogP contribution in [0.15, 0.2) is 12.2 Å². The fraction of sp³-hybridized carbons (Fsp3) is 0.846. The zero-order valence-electron chi connectivity index (χ0n) is 9.97. The molecule has 0 amide bonds. The van der Waals surface area contributed by atoms with E-state index in [2.05, 4.69) is 32.9 Å². The highest BCUT2D eigenvalue weighted by molar-refractivity contribution is 6.83. The van der Waals surface area contributed by atoms with Gasteiger partial charge in [0.25, 0.3) is 0 Å². The molecule has 2 atom stereocenters. The standard InChI is InChI=1S/C13H24Si/c1-4-14(5-2,6-3)13-9-7-12(11-13)8-10-13/h7,9,12H,4-6,8,10-11H2,1-3H3. The average molecular weight is 208 g/mol. The van der Waals surface area contributed by atoms with Crippen LogP contribution in [-0.2, 0) is 0 Å². The van der Waals surface area contributed by atoms with Gasteiger partial charge in [-0.2, -0.15) is 0 Å². The lowest BCUT2D eigenvalue weighted by Gasteiger charge is -2.44. The van der Waals surface area contributed by atoms with Crippen LogP contribution in [0.3, 0.4) is 0 Å². The fourth-order valence-electron chi connectivity index (χ4n) is 4.22. The molecule has 0 aromatic rings. The summed E-state index contributed by atoms with van der Waals surface area (Å²) in [5.74, 6) is 0.964. The van der Waals surface area contributed by atoms with Gasteiger partial charge in [-0.1, -0.05) is 51.1 Å². The summed E-state index contributed by atoms with van der Waals surface area (Å²) in [6.45, 7) is 7.36. The fourth-order valence-corrected chi connectivity index (χ4v) is 9.65. The zero-order valence-corrected chi connectivity index (χ0v) is 11.0. The molecule has 0 aromatic carbocycles. The van der Waals surface area contributed by atoms with Crippen LogP contribution in [0.4, 0.5) is 0 Å². The molecule has 0 radical (unpaired) electrons. The van der Waals surface area contributed by atoms with Crippen molar-refractivity contribution in [3.05, 3.63) is 12.2 Å². The highest BCUT2D eigenvalue weighted by Crippen LogP contribution is 2.63. The average Bonchev–Trinajstić information content (AvgIpc) is 2.82. The predicted molar refractivity (Wildman–Crippen MR) is 66.4 cm³/mol. The first kappa shape index (κ1) is 10.5. The maximum absolute atomic E-state index is 2.64. The largest absolute Gasteiger partial charge is 0.0851 e. The molecule has 2 rings (SSSR count). The van der Waals surface area contributed by atoms with Crippen molar-refractivity contribution in [3.8, 4) is 0 Å². The molecule has 0 aromatic heterocycles. The lowest BCUT2D eigenvalue weighted by Crippen LogP contribution is -2.43. The maximum atomic E-state index is 2.64. The van der Waals surface area contributed by atoms with E-state index in [1.54, 1.807) is 0 Å². The summed E-state index contributed by atoms with van der Waals surface area (Å²) in [5.41, 5.74) is 0. The van der Waals surface area contributed by atoms with Crippen LogP contribution in [0.25, 0.3) is 0 Å². The Labute approximate surface area is 89.8 Å². The lowest BCUT2D eigenvalue weighted by molar-refractivity contribution is 0.666.